The molecular formula is C10H14N6O. The molecule has 0 saturated heterocycles. The Kier molecular flexibility index (Phi) is 3.49. The van der Waals surface area contributed by atoms with E-state index in [-0.39, 0.29) is 0 Å². The molecule has 0 aliphatic heterocycles. The molecule has 0 atom stereocenters. The van der Waals surface area contributed by atoms with Crippen LogP contribution in [0.25, 0.3) is 0 Å². The Morgan fingerprint density at radius 3 is 2.94 bits per heavy atom. The number of nitrogens with one attached hydrogen (secondary N) is 1. The van der Waals surface area contributed by atoms with E-state index in [2.05, 4.69) is 29.9 Å². The molecule has 0 amide bonds. The Hall–Kier alpha value is -2.18. The fourth-order valence-corrected chi connectivity index (χ4v) is 1.37. The molecule has 0 spiro atoms. The van der Waals surface area contributed by atoms with Crippen molar-refractivity contribution in [2.24, 2.45) is 0 Å². The Labute approximate surface area is 98.5 Å². The van der Waals surface area contributed by atoms with E-state index in [1.165, 1.54) is 6.39 Å². The van der Waals surface area contributed by atoms with Crippen LogP contribution in [0, 0.1) is 0 Å². The molecule has 2 heterocycles. The first-order valence-corrected chi connectivity index (χ1v) is 5.40. The summed E-state index contributed by atoms with van der Waals surface area (Å²) in [4.78, 5) is 12.3. The van der Waals surface area contributed by atoms with Crippen molar-refractivity contribution in [3.63, 3.8) is 0 Å². The lowest BCUT2D eigenvalue weighted by Crippen LogP contribution is -2.09. The van der Waals surface area contributed by atoms with Crippen molar-refractivity contribution in [2.45, 2.75) is 19.8 Å². The second-order valence-electron chi connectivity index (χ2n) is 3.47. The Morgan fingerprint density at radius 2 is 2.24 bits per heavy atom. The molecule has 0 bridgehead atoms. The third kappa shape index (κ3) is 3.13. The number of rotatable bonds is 5. The van der Waals surface area contributed by atoms with Crippen molar-refractivity contribution in [3.8, 4) is 0 Å². The fourth-order valence-electron chi connectivity index (χ4n) is 1.37. The molecule has 7 nitrogen and oxygen atoms in total. The highest BCUT2D eigenvalue weighted by Crippen LogP contribution is 2.08. The second kappa shape index (κ2) is 5.24. The van der Waals surface area contributed by atoms with E-state index in [1.54, 1.807) is 6.07 Å². The molecule has 90 valence electrons. The van der Waals surface area contributed by atoms with Crippen molar-refractivity contribution in [2.75, 3.05) is 17.6 Å². The highest BCUT2D eigenvalue weighted by molar-refractivity contribution is 5.44. The minimum Gasteiger partial charge on any atom is -0.384 e. The molecule has 7 heteroatoms. The first-order chi connectivity index (χ1) is 8.28. The van der Waals surface area contributed by atoms with Crippen LogP contribution in [0.2, 0.25) is 0 Å². The van der Waals surface area contributed by atoms with Crippen LogP contribution in [0.3, 0.4) is 0 Å². The number of anilines is 2. The number of aryl methyl sites for hydroxylation is 1. The van der Waals surface area contributed by atoms with Gasteiger partial charge in [-0.2, -0.15) is 4.98 Å². The molecule has 0 aliphatic carbocycles. The zero-order valence-electron chi connectivity index (χ0n) is 9.55. The van der Waals surface area contributed by atoms with Crippen molar-refractivity contribution in [1.82, 2.24) is 20.1 Å². The SMILES string of the molecule is CCc1nc(N)cc(NCCc2ncon2)n1. The zero-order valence-corrected chi connectivity index (χ0v) is 9.55. The summed E-state index contributed by atoms with van der Waals surface area (Å²) >= 11 is 0. The Bertz CT molecular complexity index is 470. The quantitative estimate of drug-likeness (QED) is 0.783. The van der Waals surface area contributed by atoms with Gasteiger partial charge in [-0.1, -0.05) is 12.1 Å². The van der Waals surface area contributed by atoms with Gasteiger partial charge in [0, 0.05) is 25.5 Å². The van der Waals surface area contributed by atoms with Gasteiger partial charge < -0.3 is 15.6 Å². The third-order valence-corrected chi connectivity index (χ3v) is 2.17. The summed E-state index contributed by atoms with van der Waals surface area (Å²) in [7, 11) is 0. The molecule has 0 saturated carbocycles. The lowest BCUT2D eigenvalue weighted by atomic mass is 10.4. The van der Waals surface area contributed by atoms with Gasteiger partial charge in [-0.25, -0.2) is 9.97 Å². The van der Waals surface area contributed by atoms with Crippen molar-refractivity contribution in [1.29, 1.82) is 0 Å². The van der Waals surface area contributed by atoms with Crippen LogP contribution >= 0.6 is 0 Å². The van der Waals surface area contributed by atoms with Crippen LogP contribution in [0.1, 0.15) is 18.6 Å². The van der Waals surface area contributed by atoms with Crippen LogP contribution in [-0.4, -0.2) is 26.7 Å². The summed E-state index contributed by atoms with van der Waals surface area (Å²) in [6.07, 6.45) is 2.74. The summed E-state index contributed by atoms with van der Waals surface area (Å²) in [5.74, 6) is 2.58. The van der Waals surface area contributed by atoms with Crippen LogP contribution in [0.15, 0.2) is 17.0 Å². The maximum Gasteiger partial charge on any atom is 0.213 e. The Balaban J connectivity index is 1.92. The number of hydrogen-bond acceptors (Lipinski definition) is 7. The first kappa shape index (κ1) is 11.3. The van der Waals surface area contributed by atoms with Crippen LogP contribution < -0.4 is 11.1 Å². The molecule has 2 aromatic heterocycles. The summed E-state index contributed by atoms with van der Waals surface area (Å²) in [6.45, 7) is 2.65. The van der Waals surface area contributed by atoms with E-state index < -0.39 is 0 Å². The highest BCUT2D eigenvalue weighted by Gasteiger charge is 2.02. The van der Waals surface area contributed by atoms with Crippen LogP contribution in [-0.2, 0) is 12.8 Å². The minimum atomic E-state index is 0.471. The predicted molar refractivity (Wildman–Crippen MR) is 62.3 cm³/mol. The summed E-state index contributed by atoms with van der Waals surface area (Å²) < 4.78 is 4.64. The molecule has 0 unspecified atom stereocenters. The van der Waals surface area contributed by atoms with Gasteiger partial charge in [-0.15, -0.1) is 0 Å². The zero-order chi connectivity index (χ0) is 12.1. The second-order valence-corrected chi connectivity index (χ2v) is 3.47. The standard InChI is InChI=1S/C10H14N6O/c1-2-8-14-7(11)5-10(15-8)12-4-3-9-13-6-17-16-9/h5-6H,2-4H2,1H3,(H3,11,12,14,15). The van der Waals surface area contributed by atoms with Gasteiger partial charge in [0.1, 0.15) is 17.5 Å². The van der Waals surface area contributed by atoms with Gasteiger partial charge in [0.2, 0.25) is 6.39 Å². The van der Waals surface area contributed by atoms with Crippen molar-refractivity contribution in [3.05, 3.63) is 24.1 Å². The van der Waals surface area contributed by atoms with E-state index in [0.29, 0.717) is 24.6 Å². The van der Waals surface area contributed by atoms with E-state index >= 15 is 0 Å². The van der Waals surface area contributed by atoms with Gasteiger partial charge in [0.05, 0.1) is 0 Å². The van der Waals surface area contributed by atoms with Crippen LogP contribution in [0.5, 0.6) is 0 Å². The number of nitrogen functional groups attached to an aromatic ring is 1. The topological polar surface area (TPSA) is 103 Å². The molecule has 2 rings (SSSR count). The molecule has 0 aliphatic rings. The number of nitrogens with zero attached hydrogens (tertiary/aromatic N) is 4. The predicted octanol–water partition coefficient (Wildman–Crippen LogP) is 0.659. The van der Waals surface area contributed by atoms with Gasteiger partial charge in [0.15, 0.2) is 5.82 Å². The lowest BCUT2D eigenvalue weighted by molar-refractivity contribution is 0.410. The average molecular weight is 234 g/mol. The van der Waals surface area contributed by atoms with E-state index in [0.717, 1.165) is 18.1 Å². The molecule has 2 aromatic rings. The number of nitrogens with two attached hydrogens (primary N) is 1. The van der Waals surface area contributed by atoms with Gasteiger partial charge in [0.25, 0.3) is 0 Å². The summed E-state index contributed by atoms with van der Waals surface area (Å²) in [5.41, 5.74) is 5.67. The van der Waals surface area contributed by atoms with E-state index in [9.17, 15) is 0 Å². The number of aromatic nitrogens is 4. The lowest BCUT2D eigenvalue weighted by Gasteiger charge is -2.06. The monoisotopic (exact) mass is 234 g/mol. The summed E-state index contributed by atoms with van der Waals surface area (Å²) in [5, 5.41) is 6.86. The Morgan fingerprint density at radius 1 is 1.35 bits per heavy atom. The van der Waals surface area contributed by atoms with Gasteiger partial charge >= 0.3 is 0 Å². The maximum absolute atomic E-state index is 5.67. The third-order valence-electron chi connectivity index (χ3n) is 2.17. The molecule has 3 N–H and O–H groups in total. The fraction of sp³-hybridized carbons (Fsp3) is 0.400. The average Bonchev–Trinajstić information content (AvgIpc) is 2.81. The normalized spacial score (nSPS) is 10.4. The smallest absolute Gasteiger partial charge is 0.213 e. The van der Waals surface area contributed by atoms with Crippen molar-refractivity contribution < 1.29 is 4.52 Å². The van der Waals surface area contributed by atoms with E-state index in [1.807, 2.05) is 6.92 Å². The van der Waals surface area contributed by atoms with Crippen LogP contribution in [0.4, 0.5) is 11.6 Å². The first-order valence-electron chi connectivity index (χ1n) is 5.40. The maximum atomic E-state index is 5.67. The van der Waals surface area contributed by atoms with Gasteiger partial charge in [-0.3, -0.25) is 0 Å². The largest absolute Gasteiger partial charge is 0.384 e. The van der Waals surface area contributed by atoms with Gasteiger partial charge in [-0.05, 0) is 0 Å². The minimum absolute atomic E-state index is 0.471. The highest BCUT2D eigenvalue weighted by atomic mass is 16.5. The summed E-state index contributed by atoms with van der Waals surface area (Å²) in [6, 6.07) is 1.70. The molecule has 0 aromatic carbocycles. The van der Waals surface area contributed by atoms with E-state index in [4.69, 9.17) is 5.73 Å². The number of hydrogen-bond donors (Lipinski definition) is 2. The molecular weight excluding hydrogens is 220 g/mol. The van der Waals surface area contributed by atoms with Crippen molar-refractivity contribution >= 4 is 11.6 Å². The molecule has 17 heavy (non-hydrogen) atoms. The molecule has 0 fully saturated rings. The molecule has 0 radical (unpaired) electrons.